The highest BCUT2D eigenvalue weighted by molar-refractivity contribution is 5.87. The highest BCUT2D eigenvalue weighted by Gasteiger charge is 1.96. The van der Waals surface area contributed by atoms with Crippen LogP contribution in [-0.4, -0.2) is 18.3 Å². The van der Waals surface area contributed by atoms with Crippen molar-refractivity contribution in [1.29, 1.82) is 0 Å². The highest BCUT2D eigenvalue weighted by atomic mass is 16.5. The zero-order valence-corrected chi connectivity index (χ0v) is 14.4. The molecule has 0 heterocycles. The Labute approximate surface area is 135 Å². The lowest BCUT2D eigenvalue weighted by Crippen LogP contribution is -2.02. The van der Waals surface area contributed by atoms with E-state index in [1.165, 1.54) is 12.8 Å². The van der Waals surface area contributed by atoms with Gasteiger partial charge in [0.25, 0.3) is 0 Å². The predicted octanol–water partition coefficient (Wildman–Crippen LogP) is 5.64. The maximum Gasteiger partial charge on any atom is 0.123 e. The van der Waals surface area contributed by atoms with Crippen molar-refractivity contribution in [3.8, 4) is 5.75 Å². The van der Waals surface area contributed by atoms with Gasteiger partial charge in [0, 0.05) is 18.6 Å². The number of aromatic hydroxyl groups is 1. The summed E-state index contributed by atoms with van der Waals surface area (Å²) in [5.41, 5.74) is 0. The second-order valence-electron chi connectivity index (χ2n) is 6.48. The fraction of sp³-hybridized carbons (Fsp3) is 0.500. The van der Waals surface area contributed by atoms with Crippen LogP contribution in [0, 0.1) is 11.8 Å². The standard InChI is InChI=1S/C10H8O.C10H22O/c11-10-7-3-5-8-4-1-2-6-9(8)10;1-9(2)5-7-11-8-6-10(3)4/h1-7,11H;9-10H,5-8H2,1-4H3. The van der Waals surface area contributed by atoms with Crippen LogP contribution in [0.3, 0.4) is 0 Å². The molecule has 2 aromatic carbocycles. The summed E-state index contributed by atoms with van der Waals surface area (Å²) in [6, 6.07) is 13.3. The number of rotatable bonds is 6. The van der Waals surface area contributed by atoms with Gasteiger partial charge in [-0.15, -0.1) is 0 Å². The average Bonchev–Trinajstić information content (AvgIpc) is 2.47. The number of hydrogen-bond acceptors (Lipinski definition) is 2. The Morgan fingerprint density at radius 1 is 0.818 bits per heavy atom. The molecule has 2 rings (SSSR count). The molecule has 0 aliphatic rings. The summed E-state index contributed by atoms with van der Waals surface area (Å²) in [6.07, 6.45) is 2.39. The number of phenolic OH excluding ortho intramolecular Hbond substituents is 1. The molecule has 0 aromatic heterocycles. The van der Waals surface area contributed by atoms with E-state index in [1.807, 2.05) is 36.4 Å². The quantitative estimate of drug-likeness (QED) is 0.700. The van der Waals surface area contributed by atoms with Crippen LogP contribution in [-0.2, 0) is 4.74 Å². The number of benzene rings is 2. The maximum atomic E-state index is 9.37. The molecule has 2 aromatic rings. The zero-order valence-electron chi connectivity index (χ0n) is 14.4. The fourth-order valence-corrected chi connectivity index (χ4v) is 1.95. The maximum absolute atomic E-state index is 9.37. The van der Waals surface area contributed by atoms with Crippen LogP contribution in [0.1, 0.15) is 40.5 Å². The molecular weight excluding hydrogens is 272 g/mol. The van der Waals surface area contributed by atoms with Gasteiger partial charge in [-0.25, -0.2) is 0 Å². The van der Waals surface area contributed by atoms with Crippen LogP contribution in [0.25, 0.3) is 10.8 Å². The summed E-state index contributed by atoms with van der Waals surface area (Å²) in [7, 11) is 0. The van der Waals surface area contributed by atoms with Gasteiger partial charge < -0.3 is 9.84 Å². The van der Waals surface area contributed by atoms with E-state index in [-0.39, 0.29) is 0 Å². The molecule has 2 heteroatoms. The molecule has 0 fully saturated rings. The summed E-state index contributed by atoms with van der Waals surface area (Å²) < 4.78 is 5.46. The van der Waals surface area contributed by atoms with Gasteiger partial charge in [-0.05, 0) is 36.1 Å². The number of phenols is 1. The van der Waals surface area contributed by atoms with Gasteiger partial charge in [0.05, 0.1) is 0 Å². The van der Waals surface area contributed by atoms with Crippen LogP contribution in [0.5, 0.6) is 5.75 Å². The van der Waals surface area contributed by atoms with Crippen molar-refractivity contribution >= 4 is 10.8 Å². The van der Waals surface area contributed by atoms with E-state index in [2.05, 4.69) is 27.7 Å². The minimum atomic E-state index is 0.350. The first-order valence-corrected chi connectivity index (χ1v) is 8.25. The van der Waals surface area contributed by atoms with E-state index in [4.69, 9.17) is 4.74 Å². The molecule has 0 aliphatic heterocycles. The third-order valence-corrected chi connectivity index (χ3v) is 3.45. The lowest BCUT2D eigenvalue weighted by molar-refractivity contribution is 0.114. The molecule has 0 atom stereocenters. The molecular formula is C20H30O2. The summed E-state index contributed by atoms with van der Waals surface area (Å²) in [4.78, 5) is 0. The molecule has 0 bridgehead atoms. The summed E-state index contributed by atoms with van der Waals surface area (Å²) in [5, 5.41) is 11.4. The van der Waals surface area contributed by atoms with Gasteiger partial charge in [-0.2, -0.15) is 0 Å². The van der Waals surface area contributed by atoms with E-state index in [0.717, 1.165) is 35.8 Å². The van der Waals surface area contributed by atoms with Crippen molar-refractivity contribution in [2.45, 2.75) is 40.5 Å². The molecule has 2 nitrogen and oxygen atoms in total. The average molecular weight is 302 g/mol. The van der Waals surface area contributed by atoms with Gasteiger partial charge >= 0.3 is 0 Å². The van der Waals surface area contributed by atoms with Crippen LogP contribution in [0.4, 0.5) is 0 Å². The topological polar surface area (TPSA) is 29.5 Å². The number of hydrogen-bond donors (Lipinski definition) is 1. The summed E-state index contributed by atoms with van der Waals surface area (Å²) in [6.45, 7) is 10.8. The highest BCUT2D eigenvalue weighted by Crippen LogP contribution is 2.22. The fourth-order valence-electron chi connectivity index (χ4n) is 1.95. The first-order chi connectivity index (χ1) is 10.5. The zero-order chi connectivity index (χ0) is 16.4. The molecule has 1 N–H and O–H groups in total. The minimum Gasteiger partial charge on any atom is -0.507 e. The van der Waals surface area contributed by atoms with Crippen molar-refractivity contribution in [3.63, 3.8) is 0 Å². The smallest absolute Gasteiger partial charge is 0.123 e. The van der Waals surface area contributed by atoms with E-state index >= 15 is 0 Å². The molecule has 0 spiro atoms. The van der Waals surface area contributed by atoms with Gasteiger partial charge in [0.15, 0.2) is 0 Å². The van der Waals surface area contributed by atoms with Crippen molar-refractivity contribution < 1.29 is 9.84 Å². The third kappa shape index (κ3) is 7.46. The SMILES string of the molecule is CC(C)CCOCCC(C)C.Oc1cccc2ccccc12. The van der Waals surface area contributed by atoms with Crippen molar-refractivity contribution in [2.24, 2.45) is 11.8 Å². The molecule has 0 saturated carbocycles. The Morgan fingerprint density at radius 3 is 1.91 bits per heavy atom. The third-order valence-electron chi connectivity index (χ3n) is 3.45. The Morgan fingerprint density at radius 2 is 1.36 bits per heavy atom. The van der Waals surface area contributed by atoms with E-state index in [9.17, 15) is 5.11 Å². The Bertz CT molecular complexity index is 517. The van der Waals surface area contributed by atoms with Crippen molar-refractivity contribution in [2.75, 3.05) is 13.2 Å². The summed E-state index contributed by atoms with van der Waals surface area (Å²) in [5.74, 6) is 1.89. The largest absolute Gasteiger partial charge is 0.507 e. The molecule has 122 valence electrons. The normalized spacial score (nSPS) is 10.8. The molecule has 0 amide bonds. The molecule has 0 radical (unpaired) electrons. The van der Waals surface area contributed by atoms with Gasteiger partial charge in [0.2, 0.25) is 0 Å². The first kappa shape index (κ1) is 18.5. The first-order valence-electron chi connectivity index (χ1n) is 8.25. The van der Waals surface area contributed by atoms with Gasteiger partial charge in [-0.3, -0.25) is 0 Å². The van der Waals surface area contributed by atoms with E-state index in [0.29, 0.717) is 5.75 Å². The van der Waals surface area contributed by atoms with Crippen LogP contribution < -0.4 is 0 Å². The summed E-state index contributed by atoms with van der Waals surface area (Å²) >= 11 is 0. The second-order valence-corrected chi connectivity index (χ2v) is 6.48. The Balaban J connectivity index is 0.000000220. The van der Waals surface area contributed by atoms with Crippen LogP contribution in [0.2, 0.25) is 0 Å². The Kier molecular flexibility index (Phi) is 8.61. The van der Waals surface area contributed by atoms with E-state index in [1.54, 1.807) is 6.07 Å². The van der Waals surface area contributed by atoms with Gasteiger partial charge in [0.1, 0.15) is 5.75 Å². The van der Waals surface area contributed by atoms with E-state index < -0.39 is 0 Å². The van der Waals surface area contributed by atoms with Crippen LogP contribution >= 0.6 is 0 Å². The monoisotopic (exact) mass is 302 g/mol. The second kappa shape index (κ2) is 10.2. The number of fused-ring (bicyclic) bond motifs is 1. The number of ether oxygens (including phenoxy) is 1. The molecule has 0 aliphatic carbocycles. The van der Waals surface area contributed by atoms with Crippen LogP contribution in [0.15, 0.2) is 42.5 Å². The lowest BCUT2D eigenvalue weighted by Gasteiger charge is -2.07. The minimum absolute atomic E-state index is 0.350. The molecule has 22 heavy (non-hydrogen) atoms. The molecule has 0 saturated heterocycles. The lowest BCUT2D eigenvalue weighted by atomic mass is 10.1. The predicted molar refractivity (Wildman–Crippen MR) is 95.3 cm³/mol. The Hall–Kier alpha value is -1.54. The molecule has 0 unspecified atom stereocenters. The van der Waals surface area contributed by atoms with Crippen molar-refractivity contribution in [3.05, 3.63) is 42.5 Å². The van der Waals surface area contributed by atoms with Gasteiger partial charge in [-0.1, -0.05) is 64.1 Å². The van der Waals surface area contributed by atoms with Crippen molar-refractivity contribution in [1.82, 2.24) is 0 Å².